The second-order valence-corrected chi connectivity index (χ2v) is 6.17. The monoisotopic (exact) mass is 297 g/mol. The van der Waals surface area contributed by atoms with Crippen molar-refractivity contribution >= 4 is 0 Å². The number of benzene rings is 1. The van der Waals surface area contributed by atoms with Crippen LogP contribution in [-0.2, 0) is 6.42 Å². The molecule has 0 saturated heterocycles. The molecular weight excluding hydrogens is 272 g/mol. The van der Waals surface area contributed by atoms with Crippen molar-refractivity contribution in [2.24, 2.45) is 11.1 Å². The number of halogens is 2. The van der Waals surface area contributed by atoms with Crippen LogP contribution in [0.3, 0.4) is 0 Å². The molecule has 1 fully saturated rings. The molecule has 0 unspecified atom stereocenters. The third-order valence-corrected chi connectivity index (χ3v) is 4.84. The van der Waals surface area contributed by atoms with Gasteiger partial charge < -0.3 is 10.5 Å². The highest BCUT2D eigenvalue weighted by atomic mass is 19.1. The lowest BCUT2D eigenvalue weighted by atomic mass is 9.68. The fraction of sp³-hybridized carbons (Fsp3) is 0.647. The largest absolute Gasteiger partial charge is 0.497 e. The standard InChI is InChI=1S/C17H25F2NO/c1-21-13-11-15(18)14(16(19)12-13)5-8-17(9-10-20)6-3-2-4-7-17/h11-12H,2-10,20H2,1H3. The van der Waals surface area contributed by atoms with Gasteiger partial charge in [0.25, 0.3) is 0 Å². The van der Waals surface area contributed by atoms with E-state index >= 15 is 0 Å². The van der Waals surface area contributed by atoms with Crippen LogP contribution in [0.25, 0.3) is 0 Å². The van der Waals surface area contributed by atoms with Crippen LogP contribution in [-0.4, -0.2) is 13.7 Å². The van der Waals surface area contributed by atoms with Crippen LogP contribution in [0.4, 0.5) is 8.78 Å². The molecule has 118 valence electrons. The summed E-state index contributed by atoms with van der Waals surface area (Å²) in [4.78, 5) is 0. The van der Waals surface area contributed by atoms with E-state index in [9.17, 15) is 8.78 Å². The molecule has 0 spiro atoms. The van der Waals surface area contributed by atoms with Gasteiger partial charge in [-0.2, -0.15) is 0 Å². The smallest absolute Gasteiger partial charge is 0.133 e. The average molecular weight is 297 g/mol. The van der Waals surface area contributed by atoms with Gasteiger partial charge >= 0.3 is 0 Å². The van der Waals surface area contributed by atoms with E-state index in [1.54, 1.807) is 0 Å². The highest BCUT2D eigenvalue weighted by Gasteiger charge is 2.31. The van der Waals surface area contributed by atoms with Crippen molar-refractivity contribution in [3.05, 3.63) is 29.3 Å². The van der Waals surface area contributed by atoms with Crippen molar-refractivity contribution in [3.8, 4) is 5.75 Å². The molecule has 1 saturated carbocycles. The Bertz CT molecular complexity index is 441. The molecule has 4 heteroatoms. The zero-order chi connectivity index (χ0) is 15.3. The molecule has 0 heterocycles. The Morgan fingerprint density at radius 3 is 2.24 bits per heavy atom. The molecule has 21 heavy (non-hydrogen) atoms. The number of rotatable bonds is 6. The van der Waals surface area contributed by atoms with Crippen LogP contribution in [0.1, 0.15) is 50.5 Å². The first-order valence-corrected chi connectivity index (χ1v) is 7.82. The molecule has 0 radical (unpaired) electrons. The molecule has 1 aromatic carbocycles. The third-order valence-electron chi connectivity index (χ3n) is 4.84. The lowest BCUT2D eigenvalue weighted by Gasteiger charge is -2.37. The molecule has 0 aliphatic heterocycles. The van der Waals surface area contributed by atoms with Gasteiger partial charge in [0.05, 0.1) is 7.11 Å². The van der Waals surface area contributed by atoms with Crippen LogP contribution >= 0.6 is 0 Å². The van der Waals surface area contributed by atoms with Crippen LogP contribution < -0.4 is 10.5 Å². The van der Waals surface area contributed by atoms with E-state index in [-0.39, 0.29) is 16.7 Å². The maximum Gasteiger partial charge on any atom is 0.133 e. The topological polar surface area (TPSA) is 35.2 Å². The maximum absolute atomic E-state index is 14.0. The van der Waals surface area contributed by atoms with Gasteiger partial charge in [-0.1, -0.05) is 19.3 Å². The Hall–Kier alpha value is -1.16. The Labute approximate surface area is 125 Å². The number of methoxy groups -OCH3 is 1. The van der Waals surface area contributed by atoms with Gasteiger partial charge in [-0.25, -0.2) is 8.78 Å². The molecule has 2 N–H and O–H groups in total. The molecule has 2 rings (SSSR count). The lowest BCUT2D eigenvalue weighted by Crippen LogP contribution is -2.28. The molecule has 0 aromatic heterocycles. The Morgan fingerprint density at radius 2 is 1.71 bits per heavy atom. The van der Waals surface area contributed by atoms with Crippen molar-refractivity contribution in [1.29, 1.82) is 0 Å². The minimum Gasteiger partial charge on any atom is -0.497 e. The van der Waals surface area contributed by atoms with E-state index in [4.69, 9.17) is 10.5 Å². The van der Waals surface area contributed by atoms with Crippen LogP contribution in [0.5, 0.6) is 5.75 Å². The van der Waals surface area contributed by atoms with Crippen molar-refractivity contribution in [2.75, 3.05) is 13.7 Å². The molecule has 1 aliphatic carbocycles. The summed E-state index contributed by atoms with van der Waals surface area (Å²) in [6, 6.07) is 2.52. The summed E-state index contributed by atoms with van der Waals surface area (Å²) in [5, 5.41) is 0. The van der Waals surface area contributed by atoms with E-state index in [0.717, 1.165) is 25.7 Å². The quantitative estimate of drug-likeness (QED) is 0.854. The zero-order valence-electron chi connectivity index (χ0n) is 12.8. The van der Waals surface area contributed by atoms with Gasteiger partial charge in [0, 0.05) is 17.7 Å². The number of nitrogens with two attached hydrogens (primary N) is 1. The Balaban J connectivity index is 2.10. The second kappa shape index (κ2) is 7.21. The first-order valence-electron chi connectivity index (χ1n) is 7.82. The highest BCUT2D eigenvalue weighted by molar-refractivity contribution is 5.30. The predicted octanol–water partition coefficient (Wildman–Crippen LogP) is 4.21. The van der Waals surface area contributed by atoms with Gasteiger partial charge in [-0.05, 0) is 44.1 Å². The summed E-state index contributed by atoms with van der Waals surface area (Å²) in [6.45, 7) is 0.646. The van der Waals surface area contributed by atoms with Crippen molar-refractivity contribution in [2.45, 2.75) is 51.4 Å². The predicted molar refractivity (Wildman–Crippen MR) is 80.4 cm³/mol. The Morgan fingerprint density at radius 1 is 1.10 bits per heavy atom. The van der Waals surface area contributed by atoms with Crippen LogP contribution in [0.2, 0.25) is 0 Å². The minimum atomic E-state index is -0.509. The summed E-state index contributed by atoms with van der Waals surface area (Å²) in [6.07, 6.45) is 8.12. The molecule has 1 aliphatic rings. The molecule has 2 nitrogen and oxygen atoms in total. The summed E-state index contributed by atoms with van der Waals surface area (Å²) in [5.74, 6) is -0.792. The number of ether oxygens (including phenoxy) is 1. The Kier molecular flexibility index (Phi) is 5.57. The van der Waals surface area contributed by atoms with Gasteiger partial charge in [0.1, 0.15) is 17.4 Å². The van der Waals surface area contributed by atoms with E-state index in [1.165, 1.54) is 38.5 Å². The van der Waals surface area contributed by atoms with Crippen molar-refractivity contribution in [1.82, 2.24) is 0 Å². The average Bonchev–Trinajstić information content (AvgIpc) is 2.47. The van der Waals surface area contributed by atoms with E-state index in [2.05, 4.69) is 0 Å². The highest BCUT2D eigenvalue weighted by Crippen LogP contribution is 2.43. The van der Waals surface area contributed by atoms with E-state index in [0.29, 0.717) is 13.0 Å². The van der Waals surface area contributed by atoms with E-state index in [1.807, 2.05) is 0 Å². The molecule has 1 aromatic rings. The SMILES string of the molecule is COc1cc(F)c(CCC2(CCN)CCCCC2)c(F)c1. The van der Waals surface area contributed by atoms with Gasteiger partial charge in [-0.3, -0.25) is 0 Å². The summed E-state index contributed by atoms with van der Waals surface area (Å²) >= 11 is 0. The van der Waals surface area contributed by atoms with Crippen molar-refractivity contribution < 1.29 is 13.5 Å². The molecular formula is C17H25F2NO. The first-order chi connectivity index (χ1) is 10.1. The van der Waals surface area contributed by atoms with Crippen LogP contribution in [0.15, 0.2) is 12.1 Å². The van der Waals surface area contributed by atoms with Gasteiger partial charge in [-0.15, -0.1) is 0 Å². The lowest BCUT2D eigenvalue weighted by molar-refractivity contribution is 0.160. The van der Waals surface area contributed by atoms with Crippen LogP contribution in [0, 0.1) is 17.0 Å². The summed E-state index contributed by atoms with van der Waals surface area (Å²) in [5.41, 5.74) is 6.10. The molecule has 0 amide bonds. The maximum atomic E-state index is 14.0. The van der Waals surface area contributed by atoms with Gasteiger partial charge in [0.15, 0.2) is 0 Å². The third kappa shape index (κ3) is 3.94. The molecule has 0 bridgehead atoms. The summed E-state index contributed by atoms with van der Waals surface area (Å²) in [7, 11) is 1.41. The second-order valence-electron chi connectivity index (χ2n) is 6.17. The number of hydrogen-bond acceptors (Lipinski definition) is 2. The first kappa shape index (κ1) is 16.2. The fourth-order valence-electron chi connectivity index (χ4n) is 3.56. The zero-order valence-corrected chi connectivity index (χ0v) is 12.8. The normalized spacial score (nSPS) is 17.7. The number of hydrogen-bond donors (Lipinski definition) is 1. The van der Waals surface area contributed by atoms with Gasteiger partial charge in [0.2, 0.25) is 0 Å². The minimum absolute atomic E-state index is 0.172. The van der Waals surface area contributed by atoms with Crippen molar-refractivity contribution in [3.63, 3.8) is 0 Å². The molecule has 0 atom stereocenters. The fourth-order valence-corrected chi connectivity index (χ4v) is 3.56. The van der Waals surface area contributed by atoms with E-state index < -0.39 is 11.6 Å². The summed E-state index contributed by atoms with van der Waals surface area (Å²) < 4.78 is 32.9.